The van der Waals surface area contributed by atoms with E-state index in [2.05, 4.69) is 15.0 Å². The van der Waals surface area contributed by atoms with Gasteiger partial charge in [0.05, 0.1) is 22.9 Å². The van der Waals surface area contributed by atoms with Crippen molar-refractivity contribution in [3.63, 3.8) is 0 Å². The van der Waals surface area contributed by atoms with E-state index < -0.39 is 42.4 Å². The summed E-state index contributed by atoms with van der Waals surface area (Å²) >= 11 is 0. The van der Waals surface area contributed by atoms with Crippen molar-refractivity contribution in [2.45, 2.75) is 24.5 Å². The monoisotopic (exact) mass is 594 g/mol. The standard InChI is InChI=1S/C31H26N6O7/c32-30-34-16-21-25(36-30)37(31(33)35-21)26-24(44-29(40)20-14-8-3-9-15-20)23(43-28(39)19-12-6-2-7-13-19)22(42-26)17-41-27(38)18-10-4-1-5-11-18/h1-16,22-24,26H,17H2,(H2,33,35)(H2,32,34,36)/t22-,23-,24-,26-/m1/s1. The van der Waals surface area contributed by atoms with Crippen molar-refractivity contribution < 1.29 is 33.3 Å². The highest BCUT2D eigenvalue weighted by molar-refractivity contribution is 5.91. The quantitative estimate of drug-likeness (QED) is 0.198. The number of fused-ring (bicyclic) bond motifs is 1. The molecule has 13 nitrogen and oxygen atoms in total. The molecule has 1 saturated heterocycles. The van der Waals surface area contributed by atoms with Gasteiger partial charge in [-0.15, -0.1) is 0 Å². The number of esters is 3. The summed E-state index contributed by atoms with van der Waals surface area (Å²) in [5, 5.41) is 0. The smallest absolute Gasteiger partial charge is 0.338 e. The highest BCUT2D eigenvalue weighted by Crippen LogP contribution is 2.38. The second-order valence-electron chi connectivity index (χ2n) is 9.78. The van der Waals surface area contributed by atoms with Crippen LogP contribution in [0, 0.1) is 0 Å². The maximum atomic E-state index is 13.4. The Hall–Kier alpha value is -5.82. The Morgan fingerprint density at radius 3 is 1.82 bits per heavy atom. The molecule has 0 saturated carbocycles. The third-order valence-corrected chi connectivity index (χ3v) is 6.91. The predicted octanol–water partition coefficient (Wildman–Crippen LogP) is 3.20. The molecule has 0 spiro atoms. The third-order valence-electron chi connectivity index (χ3n) is 6.91. The van der Waals surface area contributed by atoms with Crippen LogP contribution in [0.3, 0.4) is 0 Å². The van der Waals surface area contributed by atoms with E-state index in [1.807, 2.05) is 0 Å². The number of nitrogens with zero attached hydrogens (tertiary/aromatic N) is 4. The van der Waals surface area contributed by atoms with E-state index in [9.17, 15) is 14.4 Å². The van der Waals surface area contributed by atoms with Crippen molar-refractivity contribution in [2.24, 2.45) is 0 Å². The normalized spacial score (nSPS) is 19.4. The fourth-order valence-electron chi connectivity index (χ4n) is 4.84. The summed E-state index contributed by atoms with van der Waals surface area (Å²) in [6.45, 7) is -0.361. The molecule has 0 bridgehead atoms. The van der Waals surface area contributed by atoms with E-state index in [0.29, 0.717) is 11.1 Å². The van der Waals surface area contributed by atoms with Crippen LogP contribution in [0.2, 0.25) is 0 Å². The molecule has 0 radical (unpaired) electrons. The fraction of sp³-hybridized carbons (Fsp3) is 0.161. The van der Waals surface area contributed by atoms with Crippen LogP contribution in [0.1, 0.15) is 37.3 Å². The van der Waals surface area contributed by atoms with E-state index in [1.54, 1.807) is 91.0 Å². The molecule has 3 heterocycles. The van der Waals surface area contributed by atoms with Crippen LogP contribution in [-0.2, 0) is 18.9 Å². The average Bonchev–Trinajstić information content (AvgIpc) is 3.55. The van der Waals surface area contributed by atoms with Crippen LogP contribution < -0.4 is 11.5 Å². The number of aromatic nitrogens is 4. The number of carbonyl (C=O) groups is 3. The Morgan fingerprint density at radius 2 is 1.25 bits per heavy atom. The zero-order valence-corrected chi connectivity index (χ0v) is 23.1. The maximum absolute atomic E-state index is 13.4. The molecule has 0 aliphatic carbocycles. The first-order valence-corrected chi connectivity index (χ1v) is 13.5. The van der Waals surface area contributed by atoms with Crippen molar-refractivity contribution in [1.29, 1.82) is 0 Å². The van der Waals surface area contributed by atoms with Gasteiger partial charge < -0.3 is 30.4 Å². The van der Waals surface area contributed by atoms with E-state index in [4.69, 9.17) is 30.4 Å². The highest BCUT2D eigenvalue weighted by Gasteiger charge is 2.52. The van der Waals surface area contributed by atoms with Gasteiger partial charge in [0.1, 0.15) is 18.2 Å². The molecule has 13 heteroatoms. The van der Waals surface area contributed by atoms with Crippen molar-refractivity contribution in [1.82, 2.24) is 19.5 Å². The number of benzene rings is 3. The molecule has 5 aromatic rings. The Kier molecular flexibility index (Phi) is 7.84. The first-order valence-electron chi connectivity index (χ1n) is 13.5. The summed E-state index contributed by atoms with van der Waals surface area (Å²) in [6.07, 6.45) is -3.51. The Morgan fingerprint density at radius 1 is 0.727 bits per heavy atom. The molecule has 0 unspecified atom stereocenters. The van der Waals surface area contributed by atoms with Gasteiger partial charge in [-0.1, -0.05) is 54.6 Å². The minimum atomic E-state index is -1.30. The Labute approximate surface area is 250 Å². The molecule has 6 rings (SSSR count). The van der Waals surface area contributed by atoms with Crippen molar-refractivity contribution in [3.05, 3.63) is 114 Å². The molecule has 222 valence electrons. The summed E-state index contributed by atoms with van der Waals surface area (Å²) in [5.41, 5.74) is 13.4. The highest BCUT2D eigenvalue weighted by atomic mass is 16.7. The van der Waals surface area contributed by atoms with E-state index in [1.165, 1.54) is 10.8 Å². The first-order chi connectivity index (χ1) is 21.4. The fourth-order valence-corrected chi connectivity index (χ4v) is 4.84. The van der Waals surface area contributed by atoms with Gasteiger partial charge >= 0.3 is 17.9 Å². The summed E-state index contributed by atoms with van der Waals surface area (Å²) in [5.74, 6) is -2.17. The van der Waals surface area contributed by atoms with Gasteiger partial charge in [-0.3, -0.25) is 4.57 Å². The molecular formula is C31H26N6O7. The van der Waals surface area contributed by atoms with Gasteiger partial charge in [-0.2, -0.15) is 4.98 Å². The van der Waals surface area contributed by atoms with Gasteiger partial charge in [-0.05, 0) is 36.4 Å². The topological polar surface area (TPSA) is 184 Å². The van der Waals surface area contributed by atoms with Crippen molar-refractivity contribution >= 4 is 41.0 Å². The lowest BCUT2D eigenvalue weighted by molar-refractivity contribution is -0.0597. The van der Waals surface area contributed by atoms with Crippen LogP contribution in [0.4, 0.5) is 11.9 Å². The molecule has 1 fully saturated rings. The van der Waals surface area contributed by atoms with Crippen LogP contribution in [0.25, 0.3) is 11.2 Å². The summed E-state index contributed by atoms with van der Waals surface area (Å²) in [4.78, 5) is 52.0. The number of rotatable bonds is 8. The third kappa shape index (κ3) is 5.76. The van der Waals surface area contributed by atoms with Gasteiger partial charge in [0.25, 0.3) is 0 Å². The molecule has 4 atom stereocenters. The lowest BCUT2D eigenvalue weighted by atomic mass is 10.1. The zero-order valence-electron chi connectivity index (χ0n) is 23.1. The molecule has 0 amide bonds. The van der Waals surface area contributed by atoms with Crippen molar-refractivity contribution in [2.75, 3.05) is 18.1 Å². The van der Waals surface area contributed by atoms with Crippen LogP contribution >= 0.6 is 0 Å². The minimum Gasteiger partial charge on any atom is -0.459 e. The second kappa shape index (κ2) is 12.2. The van der Waals surface area contributed by atoms with Crippen LogP contribution in [-0.4, -0.2) is 62.3 Å². The lowest BCUT2D eigenvalue weighted by Gasteiger charge is -2.25. The number of ether oxygens (including phenoxy) is 4. The first kappa shape index (κ1) is 28.3. The lowest BCUT2D eigenvalue weighted by Crippen LogP contribution is -2.41. The summed E-state index contributed by atoms with van der Waals surface area (Å²) in [6, 6.07) is 24.9. The van der Waals surface area contributed by atoms with Crippen LogP contribution in [0.15, 0.2) is 97.2 Å². The number of hydrogen-bond donors (Lipinski definition) is 2. The van der Waals surface area contributed by atoms with Crippen LogP contribution in [0.5, 0.6) is 0 Å². The second-order valence-corrected chi connectivity index (χ2v) is 9.78. The molecule has 1 aliphatic heterocycles. The zero-order chi connectivity index (χ0) is 30.6. The minimum absolute atomic E-state index is 0.0549. The summed E-state index contributed by atoms with van der Waals surface area (Å²) in [7, 11) is 0. The molecule has 1 aliphatic rings. The van der Waals surface area contributed by atoms with Gasteiger partial charge in [0.2, 0.25) is 11.9 Å². The van der Waals surface area contributed by atoms with E-state index in [-0.39, 0.29) is 35.3 Å². The number of carbonyl (C=O) groups excluding carboxylic acids is 3. The molecule has 4 N–H and O–H groups in total. The largest absolute Gasteiger partial charge is 0.459 e. The molecule has 44 heavy (non-hydrogen) atoms. The SMILES string of the molecule is Nc1ncc2nc(N)n([C@@H]3O[C@H](COC(=O)c4ccccc4)[C@@H](OC(=O)c4ccccc4)[C@H]3OC(=O)c3ccccc3)c2n1. The summed E-state index contributed by atoms with van der Waals surface area (Å²) < 4.78 is 25.2. The van der Waals surface area contributed by atoms with Gasteiger partial charge in [0, 0.05) is 0 Å². The molecular weight excluding hydrogens is 568 g/mol. The molecule has 3 aromatic carbocycles. The van der Waals surface area contributed by atoms with Gasteiger partial charge in [0.15, 0.2) is 24.1 Å². The predicted molar refractivity (Wildman–Crippen MR) is 156 cm³/mol. The average molecular weight is 595 g/mol. The Bertz CT molecular complexity index is 1800. The van der Waals surface area contributed by atoms with E-state index >= 15 is 0 Å². The molecule has 2 aromatic heterocycles. The number of nitrogens with two attached hydrogens (primary N) is 2. The van der Waals surface area contributed by atoms with Crippen molar-refractivity contribution in [3.8, 4) is 0 Å². The Balaban J connectivity index is 1.40. The number of hydrogen-bond acceptors (Lipinski definition) is 12. The number of imidazole rings is 1. The van der Waals surface area contributed by atoms with Gasteiger partial charge in [-0.25, -0.2) is 24.4 Å². The van der Waals surface area contributed by atoms with E-state index in [0.717, 1.165) is 0 Å². The number of nitrogen functional groups attached to an aromatic ring is 2. The maximum Gasteiger partial charge on any atom is 0.338 e. The number of anilines is 2.